The van der Waals surface area contributed by atoms with Gasteiger partial charge in [0.2, 0.25) is 11.8 Å². The molecule has 0 aliphatic rings. The van der Waals surface area contributed by atoms with Crippen molar-refractivity contribution in [3.05, 3.63) is 63.7 Å². The van der Waals surface area contributed by atoms with E-state index in [0.717, 1.165) is 11.8 Å². The lowest BCUT2D eigenvalue weighted by atomic mass is 10.2. The monoisotopic (exact) mass is 476 g/mol. The molecule has 10 heteroatoms. The van der Waals surface area contributed by atoms with E-state index in [0.29, 0.717) is 33.3 Å². The highest BCUT2D eigenvalue weighted by Gasteiger charge is 2.15. The van der Waals surface area contributed by atoms with Gasteiger partial charge in [0, 0.05) is 17.3 Å². The largest absolute Gasteiger partial charge is 0.346 e. The van der Waals surface area contributed by atoms with Gasteiger partial charge in [-0.3, -0.25) is 19.0 Å². The van der Waals surface area contributed by atoms with Crippen molar-refractivity contribution < 1.29 is 14.0 Å². The fourth-order valence-corrected chi connectivity index (χ4v) is 3.92. The third-order valence-electron chi connectivity index (χ3n) is 4.34. The van der Waals surface area contributed by atoms with Crippen LogP contribution in [-0.4, -0.2) is 33.7 Å². The number of amides is 2. The third kappa shape index (κ3) is 6.30. The molecule has 7 nitrogen and oxygen atoms in total. The number of hydrogen-bond donors (Lipinski definition) is 2. The summed E-state index contributed by atoms with van der Waals surface area (Å²) < 4.78 is 14.5. The average molecular weight is 477 g/mol. The molecule has 0 saturated heterocycles. The number of nitrogens with zero attached hydrogens (tertiary/aromatic N) is 2. The molecule has 0 aliphatic carbocycles. The highest BCUT2D eigenvalue weighted by Crippen LogP contribution is 2.21. The van der Waals surface area contributed by atoms with Crippen LogP contribution in [0.4, 0.5) is 10.1 Å². The van der Waals surface area contributed by atoms with Gasteiger partial charge < -0.3 is 10.6 Å². The Kier molecular flexibility index (Phi) is 7.87. The van der Waals surface area contributed by atoms with Gasteiger partial charge in [0.25, 0.3) is 5.56 Å². The van der Waals surface area contributed by atoms with E-state index in [4.69, 9.17) is 11.6 Å². The maximum atomic E-state index is 13.0. The summed E-state index contributed by atoms with van der Waals surface area (Å²) in [6.45, 7) is 4.17. The quantitative estimate of drug-likeness (QED) is 0.382. The Hall–Kier alpha value is -2.91. The van der Waals surface area contributed by atoms with Crippen molar-refractivity contribution in [1.82, 2.24) is 14.9 Å². The van der Waals surface area contributed by atoms with E-state index in [9.17, 15) is 18.8 Å². The first-order valence-corrected chi connectivity index (χ1v) is 11.2. The van der Waals surface area contributed by atoms with Crippen LogP contribution >= 0.6 is 23.4 Å². The van der Waals surface area contributed by atoms with Crippen LogP contribution in [-0.2, 0) is 16.1 Å². The number of thioether (sulfide) groups is 1. The minimum absolute atomic E-state index is 0.0204. The number of benzene rings is 2. The number of hydrogen-bond acceptors (Lipinski definition) is 5. The Balaban J connectivity index is 1.64. The first-order valence-electron chi connectivity index (χ1n) is 9.88. The van der Waals surface area contributed by atoms with Crippen molar-refractivity contribution in [2.75, 3.05) is 17.6 Å². The van der Waals surface area contributed by atoms with E-state index < -0.39 is 11.7 Å². The lowest BCUT2D eigenvalue weighted by molar-refractivity contribution is -0.122. The number of halogens is 2. The van der Waals surface area contributed by atoms with Crippen molar-refractivity contribution >= 4 is 51.8 Å². The molecule has 2 aromatic carbocycles. The summed E-state index contributed by atoms with van der Waals surface area (Å²) in [4.78, 5) is 41.7. The standard InChI is InChI=1S/C22H22ClFN4O3S/c1-13(2)11-28-21(31)17-9-14(23)3-8-18(17)27-22(28)32-12-20(30)25-10-19(29)26-16-6-4-15(24)5-7-16/h3-9,13H,10-12H2,1-2H3,(H,25,30)(H,26,29). The van der Waals surface area contributed by atoms with E-state index >= 15 is 0 Å². The second kappa shape index (κ2) is 10.6. The van der Waals surface area contributed by atoms with Gasteiger partial charge in [-0.2, -0.15) is 0 Å². The summed E-state index contributed by atoms with van der Waals surface area (Å²) in [6.07, 6.45) is 0. The molecule has 0 unspecified atom stereocenters. The van der Waals surface area contributed by atoms with Gasteiger partial charge in [-0.25, -0.2) is 9.37 Å². The van der Waals surface area contributed by atoms with Gasteiger partial charge in [0.05, 0.1) is 23.2 Å². The third-order valence-corrected chi connectivity index (χ3v) is 5.55. The summed E-state index contributed by atoms with van der Waals surface area (Å²) in [5.74, 6) is -1.06. The van der Waals surface area contributed by atoms with Crippen molar-refractivity contribution in [3.8, 4) is 0 Å². The normalized spacial score (nSPS) is 11.0. The smallest absolute Gasteiger partial charge is 0.262 e. The molecule has 2 N–H and O–H groups in total. The minimum atomic E-state index is -0.438. The van der Waals surface area contributed by atoms with Crippen LogP contribution in [0.2, 0.25) is 5.02 Å². The van der Waals surface area contributed by atoms with Gasteiger partial charge in [-0.1, -0.05) is 37.2 Å². The Bertz CT molecular complexity index is 1200. The first kappa shape index (κ1) is 23.7. The van der Waals surface area contributed by atoms with Crippen molar-refractivity contribution in [3.63, 3.8) is 0 Å². The fourth-order valence-electron chi connectivity index (χ4n) is 2.91. The van der Waals surface area contributed by atoms with Crippen LogP contribution in [0.25, 0.3) is 10.9 Å². The summed E-state index contributed by atoms with van der Waals surface area (Å²) in [5.41, 5.74) is 0.715. The second-order valence-corrected chi connectivity index (χ2v) is 8.86. The van der Waals surface area contributed by atoms with Gasteiger partial charge in [-0.15, -0.1) is 0 Å². The molecule has 0 fully saturated rings. The van der Waals surface area contributed by atoms with E-state index in [-0.39, 0.29) is 29.7 Å². The van der Waals surface area contributed by atoms with Gasteiger partial charge >= 0.3 is 0 Å². The summed E-state index contributed by atoms with van der Waals surface area (Å²) in [6, 6.07) is 10.2. The molecule has 0 bridgehead atoms. The first-order chi connectivity index (χ1) is 15.2. The molecular formula is C22H22ClFN4O3S. The molecule has 0 spiro atoms. The predicted octanol–water partition coefficient (Wildman–Crippen LogP) is 3.69. The van der Waals surface area contributed by atoms with Gasteiger partial charge in [0.1, 0.15) is 5.82 Å². The highest BCUT2D eigenvalue weighted by molar-refractivity contribution is 7.99. The van der Waals surface area contributed by atoms with Crippen LogP contribution in [0.5, 0.6) is 0 Å². The zero-order valence-electron chi connectivity index (χ0n) is 17.5. The molecule has 1 heterocycles. The van der Waals surface area contributed by atoms with E-state index in [1.165, 1.54) is 24.3 Å². The van der Waals surface area contributed by atoms with E-state index in [1.807, 2.05) is 13.8 Å². The SMILES string of the molecule is CC(C)Cn1c(SCC(=O)NCC(=O)Nc2ccc(F)cc2)nc2ccc(Cl)cc2c1=O. The molecule has 32 heavy (non-hydrogen) atoms. The van der Waals surface area contributed by atoms with Crippen LogP contribution < -0.4 is 16.2 Å². The number of carbonyl (C=O) groups excluding carboxylic acids is 2. The molecule has 0 radical (unpaired) electrons. The van der Waals surface area contributed by atoms with Gasteiger partial charge in [-0.05, 0) is 48.4 Å². The van der Waals surface area contributed by atoms with Crippen LogP contribution in [0.3, 0.4) is 0 Å². The van der Waals surface area contributed by atoms with Gasteiger partial charge in [0.15, 0.2) is 5.16 Å². The van der Waals surface area contributed by atoms with E-state index in [1.54, 1.807) is 22.8 Å². The maximum Gasteiger partial charge on any atom is 0.262 e. The Morgan fingerprint density at radius 3 is 2.56 bits per heavy atom. The predicted molar refractivity (Wildman–Crippen MR) is 125 cm³/mol. The number of rotatable bonds is 8. The molecule has 2 amide bonds. The molecule has 0 saturated carbocycles. The van der Waals surface area contributed by atoms with Crippen LogP contribution in [0.1, 0.15) is 13.8 Å². The molecule has 168 valence electrons. The summed E-state index contributed by atoms with van der Waals surface area (Å²) in [5, 5.41) is 6.38. The van der Waals surface area contributed by atoms with E-state index in [2.05, 4.69) is 15.6 Å². The van der Waals surface area contributed by atoms with Crippen LogP contribution in [0.15, 0.2) is 52.4 Å². The van der Waals surface area contributed by atoms with Crippen molar-refractivity contribution in [1.29, 1.82) is 0 Å². The Morgan fingerprint density at radius 2 is 1.88 bits per heavy atom. The minimum Gasteiger partial charge on any atom is -0.346 e. The molecule has 1 aromatic heterocycles. The second-order valence-electron chi connectivity index (χ2n) is 7.49. The fraction of sp³-hybridized carbons (Fsp3) is 0.273. The number of carbonyl (C=O) groups is 2. The molecular weight excluding hydrogens is 455 g/mol. The number of fused-ring (bicyclic) bond motifs is 1. The Morgan fingerprint density at radius 1 is 1.16 bits per heavy atom. The summed E-state index contributed by atoms with van der Waals surface area (Å²) in [7, 11) is 0. The molecule has 0 atom stereocenters. The highest BCUT2D eigenvalue weighted by atomic mass is 35.5. The lowest BCUT2D eigenvalue weighted by Gasteiger charge is -2.15. The molecule has 3 rings (SSSR count). The number of nitrogens with one attached hydrogen (secondary N) is 2. The zero-order chi connectivity index (χ0) is 23.3. The topological polar surface area (TPSA) is 93.1 Å². The Labute approximate surface area is 193 Å². The zero-order valence-corrected chi connectivity index (χ0v) is 19.1. The molecule has 0 aliphatic heterocycles. The number of aromatic nitrogens is 2. The maximum absolute atomic E-state index is 13.0. The van der Waals surface area contributed by atoms with Crippen molar-refractivity contribution in [2.24, 2.45) is 5.92 Å². The molecule has 3 aromatic rings. The number of anilines is 1. The lowest BCUT2D eigenvalue weighted by Crippen LogP contribution is -2.34. The van der Waals surface area contributed by atoms with Crippen LogP contribution in [0, 0.1) is 11.7 Å². The van der Waals surface area contributed by atoms with Crippen molar-refractivity contribution in [2.45, 2.75) is 25.5 Å². The summed E-state index contributed by atoms with van der Waals surface area (Å²) >= 11 is 7.15. The average Bonchev–Trinajstić information content (AvgIpc) is 2.75.